The SMILES string of the molecule is CC(=O)NC1CC(c2cc(NC(=O)[C@H](C)N)n[nH]2)C1. The summed E-state index contributed by atoms with van der Waals surface area (Å²) in [6.45, 7) is 3.14. The Hall–Kier alpha value is -1.89. The number of nitrogens with zero attached hydrogens (tertiary/aromatic N) is 1. The number of carbonyl (C=O) groups is 2. The maximum atomic E-state index is 11.4. The summed E-state index contributed by atoms with van der Waals surface area (Å²) in [6.07, 6.45) is 1.78. The van der Waals surface area contributed by atoms with Crippen molar-refractivity contribution >= 4 is 17.6 Å². The summed E-state index contributed by atoms with van der Waals surface area (Å²) < 4.78 is 0. The lowest BCUT2D eigenvalue weighted by molar-refractivity contribution is -0.120. The van der Waals surface area contributed by atoms with Gasteiger partial charge in [0.1, 0.15) is 0 Å². The molecule has 1 fully saturated rings. The summed E-state index contributed by atoms with van der Waals surface area (Å²) in [4.78, 5) is 22.3. The molecule has 0 unspecified atom stereocenters. The average molecular weight is 265 g/mol. The van der Waals surface area contributed by atoms with Crippen LogP contribution in [0.5, 0.6) is 0 Å². The molecule has 1 aromatic heterocycles. The van der Waals surface area contributed by atoms with Crippen LogP contribution in [0.15, 0.2) is 6.07 Å². The van der Waals surface area contributed by atoms with Crippen molar-refractivity contribution < 1.29 is 9.59 Å². The Morgan fingerprint density at radius 2 is 2.21 bits per heavy atom. The zero-order valence-electron chi connectivity index (χ0n) is 11.1. The Kier molecular flexibility index (Phi) is 3.84. The van der Waals surface area contributed by atoms with Crippen molar-refractivity contribution in [2.24, 2.45) is 5.73 Å². The number of nitrogens with one attached hydrogen (secondary N) is 3. The fourth-order valence-electron chi connectivity index (χ4n) is 2.13. The quantitative estimate of drug-likeness (QED) is 0.617. The Labute approximate surface area is 111 Å². The molecule has 104 valence electrons. The van der Waals surface area contributed by atoms with Crippen LogP contribution in [0.3, 0.4) is 0 Å². The largest absolute Gasteiger partial charge is 0.354 e. The zero-order chi connectivity index (χ0) is 14.0. The number of aromatic nitrogens is 2. The van der Waals surface area contributed by atoms with E-state index < -0.39 is 6.04 Å². The fraction of sp³-hybridized carbons (Fsp3) is 0.583. The van der Waals surface area contributed by atoms with Crippen LogP contribution in [0.25, 0.3) is 0 Å². The van der Waals surface area contributed by atoms with Gasteiger partial charge >= 0.3 is 0 Å². The van der Waals surface area contributed by atoms with E-state index in [9.17, 15) is 9.59 Å². The highest BCUT2D eigenvalue weighted by Gasteiger charge is 2.32. The van der Waals surface area contributed by atoms with E-state index in [2.05, 4.69) is 20.8 Å². The molecule has 1 heterocycles. The minimum Gasteiger partial charge on any atom is -0.354 e. The second-order valence-electron chi connectivity index (χ2n) is 5.05. The molecule has 1 aliphatic rings. The molecule has 7 nitrogen and oxygen atoms in total. The van der Waals surface area contributed by atoms with Gasteiger partial charge in [-0.25, -0.2) is 0 Å². The monoisotopic (exact) mass is 265 g/mol. The van der Waals surface area contributed by atoms with Gasteiger partial charge in [0.2, 0.25) is 11.8 Å². The number of nitrogens with two attached hydrogens (primary N) is 1. The molecule has 7 heteroatoms. The standard InChI is InChI=1S/C12H19N5O2/c1-6(13)12(19)15-11-5-10(16-17-11)8-3-9(4-8)14-7(2)18/h5-6,8-9H,3-4,13H2,1-2H3,(H,14,18)(H2,15,16,17,19)/t6-,8?,9?/m0/s1. The third-order valence-corrected chi connectivity index (χ3v) is 3.25. The van der Waals surface area contributed by atoms with Crippen LogP contribution in [0.2, 0.25) is 0 Å². The topological polar surface area (TPSA) is 113 Å². The van der Waals surface area contributed by atoms with Crippen molar-refractivity contribution in [2.45, 2.75) is 44.7 Å². The maximum Gasteiger partial charge on any atom is 0.242 e. The van der Waals surface area contributed by atoms with Crippen LogP contribution >= 0.6 is 0 Å². The molecule has 5 N–H and O–H groups in total. The van der Waals surface area contributed by atoms with Gasteiger partial charge in [-0.2, -0.15) is 5.10 Å². The maximum absolute atomic E-state index is 11.4. The summed E-state index contributed by atoms with van der Waals surface area (Å²) >= 11 is 0. The highest BCUT2D eigenvalue weighted by atomic mass is 16.2. The lowest BCUT2D eigenvalue weighted by Gasteiger charge is -2.34. The van der Waals surface area contributed by atoms with E-state index in [1.807, 2.05) is 6.07 Å². The lowest BCUT2D eigenvalue weighted by Crippen LogP contribution is -2.42. The second kappa shape index (κ2) is 5.40. The molecular weight excluding hydrogens is 246 g/mol. The van der Waals surface area contributed by atoms with Gasteiger partial charge in [0.25, 0.3) is 0 Å². The summed E-state index contributed by atoms with van der Waals surface area (Å²) in [5, 5.41) is 12.4. The van der Waals surface area contributed by atoms with Crippen LogP contribution in [-0.4, -0.2) is 34.1 Å². The van der Waals surface area contributed by atoms with E-state index in [0.717, 1.165) is 18.5 Å². The normalized spacial score (nSPS) is 23.3. The molecular formula is C12H19N5O2. The average Bonchev–Trinajstić information content (AvgIpc) is 2.70. The van der Waals surface area contributed by atoms with Crippen LogP contribution in [0, 0.1) is 0 Å². The first-order valence-electron chi connectivity index (χ1n) is 6.34. The third-order valence-electron chi connectivity index (χ3n) is 3.25. The first-order valence-corrected chi connectivity index (χ1v) is 6.34. The summed E-state index contributed by atoms with van der Waals surface area (Å²) in [5.41, 5.74) is 6.44. The van der Waals surface area contributed by atoms with Gasteiger partial charge in [0.05, 0.1) is 6.04 Å². The van der Waals surface area contributed by atoms with Crippen LogP contribution in [0.4, 0.5) is 5.82 Å². The lowest BCUT2D eigenvalue weighted by atomic mass is 9.78. The minimum absolute atomic E-state index is 0.00190. The summed E-state index contributed by atoms with van der Waals surface area (Å²) in [7, 11) is 0. The highest BCUT2D eigenvalue weighted by molar-refractivity contribution is 5.93. The van der Waals surface area contributed by atoms with Crippen LogP contribution in [0.1, 0.15) is 38.3 Å². The van der Waals surface area contributed by atoms with Crippen molar-refractivity contribution in [3.05, 3.63) is 11.8 Å². The smallest absolute Gasteiger partial charge is 0.242 e. The van der Waals surface area contributed by atoms with Gasteiger partial charge in [-0.05, 0) is 19.8 Å². The predicted molar refractivity (Wildman–Crippen MR) is 70.4 cm³/mol. The van der Waals surface area contributed by atoms with E-state index in [0.29, 0.717) is 11.7 Å². The summed E-state index contributed by atoms with van der Waals surface area (Å²) in [5.74, 6) is 0.575. The number of H-pyrrole nitrogens is 1. The van der Waals surface area contributed by atoms with Crippen molar-refractivity contribution in [3.63, 3.8) is 0 Å². The number of aromatic amines is 1. The number of carbonyl (C=O) groups excluding carboxylic acids is 2. The molecule has 0 aliphatic heterocycles. The number of hydrogen-bond donors (Lipinski definition) is 4. The molecule has 0 bridgehead atoms. The van der Waals surface area contributed by atoms with Crippen molar-refractivity contribution in [1.82, 2.24) is 15.5 Å². The Balaban J connectivity index is 1.86. The van der Waals surface area contributed by atoms with Gasteiger partial charge in [0, 0.05) is 30.6 Å². The third kappa shape index (κ3) is 3.31. The van der Waals surface area contributed by atoms with Gasteiger partial charge in [-0.15, -0.1) is 0 Å². The molecule has 0 radical (unpaired) electrons. The predicted octanol–water partition coefficient (Wildman–Crippen LogP) is 0.0775. The molecule has 0 saturated heterocycles. The molecule has 0 spiro atoms. The summed E-state index contributed by atoms with van der Waals surface area (Å²) in [6, 6.07) is 1.50. The van der Waals surface area contributed by atoms with E-state index >= 15 is 0 Å². The number of hydrogen-bond acceptors (Lipinski definition) is 4. The second-order valence-corrected chi connectivity index (χ2v) is 5.05. The van der Waals surface area contributed by atoms with E-state index in [-0.39, 0.29) is 17.9 Å². The number of rotatable bonds is 4. The van der Waals surface area contributed by atoms with E-state index in [4.69, 9.17) is 5.73 Å². The molecule has 1 saturated carbocycles. The molecule has 1 aliphatic carbocycles. The Bertz CT molecular complexity index is 476. The Morgan fingerprint density at radius 1 is 1.53 bits per heavy atom. The first-order chi connectivity index (χ1) is 8.95. The number of amides is 2. The molecule has 0 aromatic carbocycles. The molecule has 2 amide bonds. The van der Waals surface area contributed by atoms with Gasteiger partial charge in [0.15, 0.2) is 5.82 Å². The van der Waals surface area contributed by atoms with Crippen molar-refractivity contribution in [3.8, 4) is 0 Å². The minimum atomic E-state index is -0.562. The van der Waals surface area contributed by atoms with Crippen LogP contribution in [-0.2, 0) is 9.59 Å². The fourth-order valence-corrected chi connectivity index (χ4v) is 2.13. The molecule has 1 aromatic rings. The van der Waals surface area contributed by atoms with Crippen molar-refractivity contribution in [1.29, 1.82) is 0 Å². The van der Waals surface area contributed by atoms with Crippen LogP contribution < -0.4 is 16.4 Å². The highest BCUT2D eigenvalue weighted by Crippen LogP contribution is 2.36. The molecule has 19 heavy (non-hydrogen) atoms. The molecule has 1 atom stereocenters. The van der Waals surface area contributed by atoms with Gasteiger partial charge < -0.3 is 16.4 Å². The molecule has 2 rings (SSSR count). The van der Waals surface area contributed by atoms with Gasteiger partial charge in [-0.3, -0.25) is 14.7 Å². The zero-order valence-corrected chi connectivity index (χ0v) is 11.1. The van der Waals surface area contributed by atoms with Gasteiger partial charge in [-0.1, -0.05) is 0 Å². The number of anilines is 1. The first kappa shape index (κ1) is 13.5. The van der Waals surface area contributed by atoms with E-state index in [1.54, 1.807) is 6.92 Å². The van der Waals surface area contributed by atoms with Crippen molar-refractivity contribution in [2.75, 3.05) is 5.32 Å². The van der Waals surface area contributed by atoms with E-state index in [1.165, 1.54) is 6.92 Å². The Morgan fingerprint density at radius 3 is 2.79 bits per heavy atom.